The molecule has 1 saturated heterocycles. The lowest BCUT2D eigenvalue weighted by atomic mass is 10.1. The molecular formula is C21H20F2N4O2. The molecule has 0 unspecified atom stereocenters. The minimum absolute atomic E-state index is 0.0356. The summed E-state index contributed by atoms with van der Waals surface area (Å²) in [5.41, 5.74) is 1.22. The van der Waals surface area contributed by atoms with Crippen molar-refractivity contribution in [2.24, 2.45) is 0 Å². The van der Waals surface area contributed by atoms with Crippen molar-refractivity contribution in [1.82, 2.24) is 19.7 Å². The second kappa shape index (κ2) is 7.98. The van der Waals surface area contributed by atoms with Crippen molar-refractivity contribution in [2.45, 2.75) is 25.9 Å². The highest BCUT2D eigenvalue weighted by atomic mass is 19.1. The average molecular weight is 398 g/mol. The van der Waals surface area contributed by atoms with Crippen molar-refractivity contribution >= 4 is 6.03 Å². The number of rotatable bonds is 3. The number of ether oxygens (including phenoxy) is 1. The van der Waals surface area contributed by atoms with Crippen molar-refractivity contribution in [3.8, 4) is 17.1 Å². The average Bonchev–Trinajstić information content (AvgIpc) is 3.20. The van der Waals surface area contributed by atoms with E-state index in [1.165, 1.54) is 18.0 Å². The zero-order chi connectivity index (χ0) is 20.4. The van der Waals surface area contributed by atoms with Crippen molar-refractivity contribution in [3.63, 3.8) is 0 Å². The van der Waals surface area contributed by atoms with Crippen LogP contribution in [0.3, 0.4) is 0 Å². The van der Waals surface area contributed by atoms with E-state index >= 15 is 0 Å². The number of hydrogen-bond donors (Lipinski definition) is 0. The van der Waals surface area contributed by atoms with Crippen LogP contribution >= 0.6 is 0 Å². The number of nitrogens with zero attached hydrogens (tertiary/aromatic N) is 4. The standard InChI is InChI=1S/C21H20F2N4O2/c1-14-2-5-16(6-3-14)29-17-8-10-26(11-9-17)21(28)27-13-24-20(25-27)18-7-4-15(22)12-19(18)23/h2-7,12-13,17H,8-11H2,1H3. The lowest BCUT2D eigenvalue weighted by molar-refractivity contribution is 0.110. The van der Waals surface area contributed by atoms with E-state index in [9.17, 15) is 13.6 Å². The first kappa shape index (κ1) is 19.0. The molecular weight excluding hydrogens is 378 g/mol. The number of carbonyl (C=O) groups is 1. The number of likely N-dealkylation sites (tertiary alicyclic amines) is 1. The SMILES string of the molecule is Cc1ccc(OC2CCN(C(=O)n3cnc(-c4ccc(F)cc4F)n3)CC2)cc1. The fourth-order valence-electron chi connectivity index (χ4n) is 3.27. The molecule has 0 spiro atoms. The van der Waals surface area contributed by atoms with Crippen molar-refractivity contribution in [2.75, 3.05) is 13.1 Å². The van der Waals surface area contributed by atoms with Crippen LogP contribution in [0.1, 0.15) is 18.4 Å². The number of piperidine rings is 1. The van der Waals surface area contributed by atoms with Gasteiger partial charge < -0.3 is 9.64 Å². The van der Waals surface area contributed by atoms with Gasteiger partial charge in [-0.15, -0.1) is 5.10 Å². The smallest absolute Gasteiger partial charge is 0.346 e. The Balaban J connectivity index is 1.37. The number of amides is 1. The van der Waals surface area contributed by atoms with E-state index in [0.717, 1.165) is 22.6 Å². The van der Waals surface area contributed by atoms with Gasteiger partial charge in [0.15, 0.2) is 5.82 Å². The molecule has 1 aromatic heterocycles. The van der Waals surface area contributed by atoms with Gasteiger partial charge in [0.2, 0.25) is 0 Å². The Morgan fingerprint density at radius 2 is 1.83 bits per heavy atom. The number of halogens is 2. The third-order valence-electron chi connectivity index (χ3n) is 4.90. The fraction of sp³-hybridized carbons (Fsp3) is 0.286. The Labute approximate surface area is 166 Å². The highest BCUT2D eigenvalue weighted by Crippen LogP contribution is 2.22. The first-order valence-electron chi connectivity index (χ1n) is 9.39. The van der Waals surface area contributed by atoms with Gasteiger partial charge in [-0.1, -0.05) is 17.7 Å². The number of aromatic nitrogens is 3. The molecule has 6 nitrogen and oxygen atoms in total. The molecule has 1 amide bonds. The molecule has 0 saturated carbocycles. The summed E-state index contributed by atoms with van der Waals surface area (Å²) in [6.07, 6.45) is 2.69. The number of benzene rings is 2. The molecule has 29 heavy (non-hydrogen) atoms. The maximum absolute atomic E-state index is 13.9. The van der Waals surface area contributed by atoms with Crippen LogP contribution in [0, 0.1) is 18.6 Å². The highest BCUT2D eigenvalue weighted by Gasteiger charge is 2.26. The fourth-order valence-corrected chi connectivity index (χ4v) is 3.27. The monoisotopic (exact) mass is 398 g/mol. The summed E-state index contributed by atoms with van der Waals surface area (Å²) < 4.78 is 34.0. The summed E-state index contributed by atoms with van der Waals surface area (Å²) in [6.45, 7) is 3.07. The molecule has 0 bridgehead atoms. The van der Waals surface area contributed by atoms with Crippen LogP contribution in [0.25, 0.3) is 11.4 Å². The zero-order valence-electron chi connectivity index (χ0n) is 15.9. The first-order chi connectivity index (χ1) is 14.0. The lowest BCUT2D eigenvalue weighted by Gasteiger charge is -2.31. The van der Waals surface area contributed by atoms with E-state index in [2.05, 4.69) is 10.1 Å². The molecule has 4 rings (SSSR count). The van der Waals surface area contributed by atoms with Gasteiger partial charge in [-0.05, 0) is 31.2 Å². The number of carbonyl (C=O) groups excluding carboxylic acids is 1. The Morgan fingerprint density at radius 1 is 1.10 bits per heavy atom. The molecule has 0 N–H and O–H groups in total. The van der Waals surface area contributed by atoms with Crippen LogP contribution in [0.15, 0.2) is 48.8 Å². The van der Waals surface area contributed by atoms with Crippen LogP contribution in [-0.4, -0.2) is 44.9 Å². The molecule has 1 fully saturated rings. The predicted molar refractivity (Wildman–Crippen MR) is 103 cm³/mol. The maximum Gasteiger partial charge on any atom is 0.346 e. The normalized spacial score (nSPS) is 14.8. The van der Waals surface area contributed by atoms with Gasteiger partial charge in [0.05, 0.1) is 5.56 Å². The summed E-state index contributed by atoms with van der Waals surface area (Å²) in [6, 6.07) is 10.7. The Bertz CT molecular complexity index is 1010. The topological polar surface area (TPSA) is 60.2 Å². The van der Waals surface area contributed by atoms with Gasteiger partial charge in [-0.2, -0.15) is 4.68 Å². The maximum atomic E-state index is 13.9. The van der Waals surface area contributed by atoms with Gasteiger partial charge in [-0.25, -0.2) is 18.6 Å². The zero-order valence-corrected chi connectivity index (χ0v) is 15.9. The second-order valence-electron chi connectivity index (χ2n) is 7.04. The molecule has 150 valence electrons. The summed E-state index contributed by atoms with van der Waals surface area (Å²) in [5, 5.41) is 4.06. The Kier molecular flexibility index (Phi) is 5.24. The van der Waals surface area contributed by atoms with Gasteiger partial charge in [-0.3, -0.25) is 0 Å². The van der Waals surface area contributed by atoms with E-state index in [-0.39, 0.29) is 23.5 Å². The molecule has 0 atom stereocenters. The third kappa shape index (κ3) is 4.26. The van der Waals surface area contributed by atoms with E-state index in [1.807, 2.05) is 31.2 Å². The van der Waals surface area contributed by atoms with Crippen LogP contribution in [0.4, 0.5) is 13.6 Å². The quantitative estimate of drug-likeness (QED) is 0.668. The molecule has 1 aliphatic rings. The summed E-state index contributed by atoms with van der Waals surface area (Å²) in [4.78, 5) is 18.3. The van der Waals surface area contributed by atoms with E-state index in [1.54, 1.807) is 4.90 Å². The largest absolute Gasteiger partial charge is 0.490 e. The van der Waals surface area contributed by atoms with Gasteiger partial charge in [0.1, 0.15) is 29.8 Å². The van der Waals surface area contributed by atoms with Crippen LogP contribution in [0.5, 0.6) is 5.75 Å². The Morgan fingerprint density at radius 3 is 2.52 bits per heavy atom. The number of hydrogen-bond acceptors (Lipinski definition) is 4. The van der Waals surface area contributed by atoms with Gasteiger partial charge in [0.25, 0.3) is 0 Å². The molecule has 2 heterocycles. The molecule has 2 aromatic carbocycles. The molecule has 3 aromatic rings. The Hall–Kier alpha value is -3.29. The van der Waals surface area contributed by atoms with Crippen molar-refractivity contribution in [3.05, 3.63) is 66.0 Å². The van der Waals surface area contributed by atoms with Gasteiger partial charge >= 0.3 is 6.03 Å². The summed E-state index contributed by atoms with van der Waals surface area (Å²) in [7, 11) is 0. The minimum atomic E-state index is -0.774. The van der Waals surface area contributed by atoms with E-state index in [4.69, 9.17) is 4.74 Å². The third-order valence-corrected chi connectivity index (χ3v) is 4.90. The predicted octanol–water partition coefficient (Wildman–Crippen LogP) is 4.04. The van der Waals surface area contributed by atoms with Crippen LogP contribution < -0.4 is 4.74 Å². The van der Waals surface area contributed by atoms with Gasteiger partial charge in [0, 0.05) is 32.0 Å². The minimum Gasteiger partial charge on any atom is -0.490 e. The first-order valence-corrected chi connectivity index (χ1v) is 9.39. The second-order valence-corrected chi connectivity index (χ2v) is 7.04. The number of aryl methyl sites for hydroxylation is 1. The van der Waals surface area contributed by atoms with Crippen LogP contribution in [-0.2, 0) is 0 Å². The molecule has 0 aliphatic carbocycles. The van der Waals surface area contributed by atoms with E-state index < -0.39 is 11.6 Å². The molecule has 0 radical (unpaired) electrons. The summed E-state index contributed by atoms with van der Waals surface area (Å²) in [5.74, 6) is -0.599. The summed E-state index contributed by atoms with van der Waals surface area (Å²) >= 11 is 0. The molecule has 8 heteroatoms. The van der Waals surface area contributed by atoms with Crippen molar-refractivity contribution in [1.29, 1.82) is 0 Å². The molecule has 1 aliphatic heterocycles. The van der Waals surface area contributed by atoms with Crippen LogP contribution in [0.2, 0.25) is 0 Å². The lowest BCUT2D eigenvalue weighted by Crippen LogP contribution is -2.43. The van der Waals surface area contributed by atoms with E-state index in [0.29, 0.717) is 25.9 Å². The van der Waals surface area contributed by atoms with Crippen molar-refractivity contribution < 1.29 is 18.3 Å². The highest BCUT2D eigenvalue weighted by molar-refractivity contribution is 5.76.